The molecule has 0 fully saturated rings. The summed E-state index contributed by atoms with van der Waals surface area (Å²) in [6.07, 6.45) is -10.1. The van der Waals surface area contributed by atoms with E-state index in [1.165, 1.54) is 4.57 Å². The molecule has 3 aromatic rings. The molecule has 0 unspecified atom stereocenters. The van der Waals surface area contributed by atoms with E-state index in [1.807, 2.05) is 0 Å². The summed E-state index contributed by atoms with van der Waals surface area (Å²) in [5, 5.41) is 11.0. The third kappa shape index (κ3) is 6.32. The fourth-order valence-electron chi connectivity index (χ4n) is 3.04. The summed E-state index contributed by atoms with van der Waals surface area (Å²) in [7, 11) is 1.03. The lowest BCUT2D eigenvalue weighted by atomic mass is 10.2. The SMILES string of the molecule is COC(=O)N[C@@H](CCn1c(Sc2ncc(C(F)(F)F)cc2Cl)nc2cc(C(F)(F)F)ccc21)C(=O)O. The van der Waals surface area contributed by atoms with Gasteiger partial charge in [-0.05, 0) is 42.4 Å². The number of carbonyl (C=O) groups excluding carboxylic acids is 1. The molecule has 0 radical (unpaired) electrons. The number of hydrogen-bond acceptors (Lipinski definition) is 6. The van der Waals surface area contributed by atoms with Crippen LogP contribution in [-0.2, 0) is 28.4 Å². The molecule has 3 rings (SSSR count). The predicted octanol–water partition coefficient (Wildman–Crippen LogP) is 5.47. The van der Waals surface area contributed by atoms with Crippen molar-refractivity contribution in [3.05, 3.63) is 46.6 Å². The summed E-state index contributed by atoms with van der Waals surface area (Å²) < 4.78 is 84.0. The molecule has 0 aliphatic heterocycles. The number of methoxy groups -OCH3 is 1. The molecule has 0 saturated carbocycles. The van der Waals surface area contributed by atoms with E-state index in [9.17, 15) is 41.0 Å². The van der Waals surface area contributed by atoms with Crippen molar-refractivity contribution in [2.45, 2.75) is 41.5 Å². The van der Waals surface area contributed by atoms with Crippen LogP contribution in [0.1, 0.15) is 17.5 Å². The fourth-order valence-corrected chi connectivity index (χ4v) is 4.20. The first-order chi connectivity index (χ1) is 16.7. The monoisotopic (exact) mass is 556 g/mol. The van der Waals surface area contributed by atoms with Crippen molar-refractivity contribution < 1.29 is 45.8 Å². The third-order valence-electron chi connectivity index (χ3n) is 4.78. The Bertz CT molecular complexity index is 1300. The van der Waals surface area contributed by atoms with Crippen molar-refractivity contribution in [3.8, 4) is 0 Å². The maximum absolute atomic E-state index is 13.2. The molecule has 8 nitrogen and oxygen atoms in total. The average molecular weight is 557 g/mol. The van der Waals surface area contributed by atoms with Gasteiger partial charge in [-0.1, -0.05) is 11.6 Å². The van der Waals surface area contributed by atoms with Gasteiger partial charge in [-0.3, -0.25) is 0 Å². The van der Waals surface area contributed by atoms with E-state index >= 15 is 0 Å². The van der Waals surface area contributed by atoms with Crippen LogP contribution >= 0.6 is 23.4 Å². The van der Waals surface area contributed by atoms with E-state index in [2.05, 4.69) is 20.0 Å². The zero-order valence-corrected chi connectivity index (χ0v) is 19.5. The predicted molar refractivity (Wildman–Crippen MR) is 115 cm³/mol. The van der Waals surface area contributed by atoms with E-state index in [0.717, 1.165) is 25.3 Å². The van der Waals surface area contributed by atoms with E-state index in [0.29, 0.717) is 24.0 Å². The third-order valence-corrected chi connectivity index (χ3v) is 6.19. The van der Waals surface area contributed by atoms with Crippen LogP contribution in [0, 0.1) is 0 Å². The number of aliphatic carboxylic acids is 1. The van der Waals surface area contributed by atoms with E-state index < -0.39 is 41.6 Å². The average Bonchev–Trinajstić information content (AvgIpc) is 3.12. The molecule has 36 heavy (non-hydrogen) atoms. The number of hydrogen-bond donors (Lipinski definition) is 2. The lowest BCUT2D eigenvalue weighted by Crippen LogP contribution is -2.41. The van der Waals surface area contributed by atoms with Gasteiger partial charge in [0.2, 0.25) is 0 Å². The summed E-state index contributed by atoms with van der Waals surface area (Å²) in [5.41, 5.74) is -2.02. The van der Waals surface area contributed by atoms with Crippen LogP contribution in [0.5, 0.6) is 0 Å². The summed E-state index contributed by atoms with van der Waals surface area (Å²) in [6, 6.07) is 1.93. The topological polar surface area (TPSA) is 106 Å². The van der Waals surface area contributed by atoms with Crippen LogP contribution < -0.4 is 5.32 Å². The van der Waals surface area contributed by atoms with Crippen molar-refractivity contribution >= 4 is 46.5 Å². The number of ether oxygens (including phenoxy) is 1. The second-order valence-electron chi connectivity index (χ2n) is 7.17. The summed E-state index contributed by atoms with van der Waals surface area (Å²) in [5.74, 6) is -1.40. The summed E-state index contributed by atoms with van der Waals surface area (Å²) in [4.78, 5) is 30.8. The summed E-state index contributed by atoms with van der Waals surface area (Å²) >= 11 is 6.63. The number of amides is 1. The molecule has 16 heteroatoms. The zero-order valence-electron chi connectivity index (χ0n) is 17.9. The highest BCUT2D eigenvalue weighted by Gasteiger charge is 2.33. The molecule has 2 N–H and O–H groups in total. The maximum Gasteiger partial charge on any atom is 0.417 e. The molecule has 2 heterocycles. The number of alkyl carbamates (subject to hydrolysis) is 1. The van der Waals surface area contributed by atoms with Gasteiger partial charge in [0.05, 0.1) is 34.3 Å². The van der Waals surface area contributed by atoms with Crippen LogP contribution in [0.2, 0.25) is 5.02 Å². The van der Waals surface area contributed by atoms with Gasteiger partial charge in [0, 0.05) is 12.7 Å². The van der Waals surface area contributed by atoms with Gasteiger partial charge in [-0.15, -0.1) is 0 Å². The number of nitrogens with zero attached hydrogens (tertiary/aromatic N) is 3. The van der Waals surface area contributed by atoms with E-state index in [4.69, 9.17) is 11.6 Å². The minimum absolute atomic E-state index is 0.0133. The van der Waals surface area contributed by atoms with Crippen molar-refractivity contribution in [2.24, 2.45) is 0 Å². The first-order valence-corrected chi connectivity index (χ1v) is 11.0. The number of alkyl halides is 6. The van der Waals surface area contributed by atoms with Crippen LogP contribution in [0.4, 0.5) is 31.1 Å². The van der Waals surface area contributed by atoms with Gasteiger partial charge in [-0.2, -0.15) is 26.3 Å². The highest BCUT2D eigenvalue weighted by atomic mass is 35.5. The number of fused-ring (bicyclic) bond motifs is 1. The number of pyridine rings is 1. The number of halogens is 7. The van der Waals surface area contributed by atoms with E-state index in [-0.39, 0.29) is 39.2 Å². The Hall–Kier alpha value is -3.20. The number of benzene rings is 1. The molecular formula is C20H15ClF6N4O4S. The first kappa shape index (κ1) is 27.4. The molecular weight excluding hydrogens is 542 g/mol. The minimum Gasteiger partial charge on any atom is -0.480 e. The Labute approximate surface area is 207 Å². The van der Waals surface area contributed by atoms with Gasteiger partial charge < -0.3 is 19.7 Å². The van der Waals surface area contributed by atoms with Crippen LogP contribution in [0.3, 0.4) is 0 Å². The second-order valence-corrected chi connectivity index (χ2v) is 8.54. The Morgan fingerprint density at radius 3 is 2.39 bits per heavy atom. The Morgan fingerprint density at radius 2 is 1.83 bits per heavy atom. The van der Waals surface area contributed by atoms with Crippen molar-refractivity contribution in [1.82, 2.24) is 19.9 Å². The van der Waals surface area contributed by atoms with Crippen LogP contribution in [-0.4, -0.2) is 44.9 Å². The molecule has 2 aromatic heterocycles. The Morgan fingerprint density at radius 1 is 1.17 bits per heavy atom. The van der Waals surface area contributed by atoms with Gasteiger partial charge in [0.1, 0.15) is 11.1 Å². The second kappa shape index (κ2) is 10.4. The molecule has 194 valence electrons. The highest BCUT2D eigenvalue weighted by molar-refractivity contribution is 7.99. The lowest BCUT2D eigenvalue weighted by Gasteiger charge is -2.15. The molecule has 1 amide bonds. The first-order valence-electron chi connectivity index (χ1n) is 9.76. The molecule has 0 aliphatic carbocycles. The van der Waals surface area contributed by atoms with Crippen molar-refractivity contribution in [1.29, 1.82) is 0 Å². The highest BCUT2D eigenvalue weighted by Crippen LogP contribution is 2.38. The number of carboxylic acids is 1. The van der Waals surface area contributed by atoms with Gasteiger partial charge >= 0.3 is 24.4 Å². The molecule has 1 aromatic carbocycles. The Balaban J connectivity index is 2.02. The fraction of sp³-hybridized carbons (Fsp3) is 0.300. The number of carbonyl (C=O) groups is 2. The number of carboxylic acid groups (broad SMARTS) is 1. The largest absolute Gasteiger partial charge is 0.480 e. The molecule has 0 bridgehead atoms. The maximum atomic E-state index is 13.2. The van der Waals surface area contributed by atoms with Gasteiger partial charge in [0.15, 0.2) is 5.16 Å². The van der Waals surface area contributed by atoms with Crippen LogP contribution in [0.15, 0.2) is 40.6 Å². The standard InChI is InChI=1S/C20H15ClF6N4O4S/c1-35-18(34)30-12(16(32)33)4-5-31-14-3-2-9(19(22,23)24)7-13(14)29-17(31)36-15-11(21)6-10(8-28-15)20(25,26)27/h2-3,6-8,12H,4-5H2,1H3,(H,30,34)(H,32,33)/t12-/m0/s1. The number of aryl methyl sites for hydroxylation is 1. The number of nitrogens with one attached hydrogen (secondary N) is 1. The number of imidazole rings is 1. The number of aromatic nitrogens is 3. The lowest BCUT2D eigenvalue weighted by molar-refractivity contribution is -0.140. The minimum atomic E-state index is -4.69. The molecule has 0 spiro atoms. The van der Waals surface area contributed by atoms with Gasteiger partial charge in [0.25, 0.3) is 0 Å². The van der Waals surface area contributed by atoms with E-state index in [1.54, 1.807) is 0 Å². The van der Waals surface area contributed by atoms with Gasteiger partial charge in [-0.25, -0.2) is 19.6 Å². The smallest absolute Gasteiger partial charge is 0.417 e. The summed E-state index contributed by atoms with van der Waals surface area (Å²) in [6.45, 7) is -0.163. The van der Waals surface area contributed by atoms with Crippen molar-refractivity contribution in [2.75, 3.05) is 7.11 Å². The zero-order chi connectivity index (χ0) is 26.8. The molecule has 1 atom stereocenters. The molecule has 0 aliphatic rings. The quantitative estimate of drug-likeness (QED) is 0.372. The van der Waals surface area contributed by atoms with Crippen LogP contribution in [0.25, 0.3) is 11.0 Å². The normalized spacial score (nSPS) is 13.0. The Kier molecular flexibility index (Phi) is 7.93. The number of rotatable bonds is 7. The van der Waals surface area contributed by atoms with Crippen molar-refractivity contribution in [3.63, 3.8) is 0 Å². The molecule has 0 saturated heterocycles.